The summed E-state index contributed by atoms with van der Waals surface area (Å²) in [5.41, 5.74) is 2.63. The molecule has 0 radical (unpaired) electrons. The van der Waals surface area contributed by atoms with Crippen molar-refractivity contribution in [1.29, 1.82) is 0 Å². The van der Waals surface area contributed by atoms with E-state index in [-0.39, 0.29) is 11.3 Å². The molecule has 0 unspecified atom stereocenters. The van der Waals surface area contributed by atoms with Crippen LogP contribution in [-0.2, 0) is 0 Å². The summed E-state index contributed by atoms with van der Waals surface area (Å²) in [6.45, 7) is 0. The molecule has 0 aliphatic heterocycles. The minimum Gasteiger partial charge on any atom is -0.267 e. The van der Waals surface area contributed by atoms with Gasteiger partial charge in [0.05, 0.1) is 11.1 Å². The van der Waals surface area contributed by atoms with E-state index in [0.717, 1.165) is 6.07 Å². The van der Waals surface area contributed by atoms with Gasteiger partial charge >= 0.3 is 0 Å². The van der Waals surface area contributed by atoms with Gasteiger partial charge in [-0.25, -0.2) is 9.82 Å². The van der Waals surface area contributed by atoms with Crippen molar-refractivity contribution in [3.8, 4) is 0 Å². The first kappa shape index (κ1) is 14.3. The van der Waals surface area contributed by atoms with Crippen molar-refractivity contribution < 1.29 is 14.1 Å². The van der Waals surface area contributed by atoms with E-state index in [1.165, 1.54) is 42.6 Å². The fraction of sp³-hybridized carbons (Fsp3) is 0. The molecule has 2 rings (SSSR count). The molecule has 0 fully saturated rings. The Morgan fingerprint density at radius 1 is 1.24 bits per heavy atom. The predicted octanol–water partition coefficient (Wildman–Crippen LogP) is 2.50. The highest BCUT2D eigenvalue weighted by molar-refractivity contribution is 5.95. The Labute approximate surface area is 119 Å². The number of hydrazone groups is 1. The molecule has 0 aliphatic rings. The molecule has 0 bridgehead atoms. The fourth-order valence-electron chi connectivity index (χ4n) is 1.58. The number of rotatable bonds is 4. The van der Waals surface area contributed by atoms with Crippen LogP contribution in [0.25, 0.3) is 0 Å². The fourth-order valence-corrected chi connectivity index (χ4v) is 1.58. The molecule has 0 saturated heterocycles. The highest BCUT2D eigenvalue weighted by Crippen LogP contribution is 2.12. The molecule has 21 heavy (non-hydrogen) atoms. The van der Waals surface area contributed by atoms with Crippen molar-refractivity contribution in [2.24, 2.45) is 5.10 Å². The number of hydrogen-bond acceptors (Lipinski definition) is 4. The number of nitro benzene ring substituents is 1. The lowest BCUT2D eigenvalue weighted by molar-refractivity contribution is -0.384. The van der Waals surface area contributed by atoms with Crippen LogP contribution in [0.3, 0.4) is 0 Å². The Morgan fingerprint density at radius 3 is 2.71 bits per heavy atom. The monoisotopic (exact) mass is 287 g/mol. The van der Waals surface area contributed by atoms with E-state index in [4.69, 9.17) is 0 Å². The Kier molecular flexibility index (Phi) is 4.35. The summed E-state index contributed by atoms with van der Waals surface area (Å²) in [4.78, 5) is 21.8. The van der Waals surface area contributed by atoms with Gasteiger partial charge in [0, 0.05) is 17.7 Å². The second-order valence-electron chi connectivity index (χ2n) is 4.06. The number of nitrogens with one attached hydrogen (secondary N) is 1. The SMILES string of the molecule is O=C(NN=Cc1cccc(F)c1)c1cccc([N+](=O)[O-])c1. The molecule has 6 nitrogen and oxygen atoms in total. The molecule has 0 spiro atoms. The predicted molar refractivity (Wildman–Crippen MR) is 74.6 cm³/mol. The van der Waals surface area contributed by atoms with Gasteiger partial charge in [-0.15, -0.1) is 0 Å². The number of benzene rings is 2. The first-order chi connectivity index (χ1) is 10.1. The topological polar surface area (TPSA) is 84.6 Å². The molecule has 0 saturated carbocycles. The second kappa shape index (κ2) is 6.38. The largest absolute Gasteiger partial charge is 0.271 e. The summed E-state index contributed by atoms with van der Waals surface area (Å²) in [6.07, 6.45) is 1.28. The highest BCUT2D eigenvalue weighted by Gasteiger charge is 2.10. The third-order valence-electron chi connectivity index (χ3n) is 2.55. The quantitative estimate of drug-likeness (QED) is 0.532. The van der Waals surface area contributed by atoms with Crippen LogP contribution in [0, 0.1) is 15.9 Å². The van der Waals surface area contributed by atoms with Gasteiger partial charge in [0.25, 0.3) is 11.6 Å². The van der Waals surface area contributed by atoms with Crippen LogP contribution >= 0.6 is 0 Å². The zero-order valence-electron chi connectivity index (χ0n) is 10.7. The van der Waals surface area contributed by atoms with E-state index in [2.05, 4.69) is 10.5 Å². The van der Waals surface area contributed by atoms with E-state index in [1.807, 2.05) is 0 Å². The number of non-ortho nitro benzene ring substituents is 1. The van der Waals surface area contributed by atoms with Crippen molar-refractivity contribution >= 4 is 17.8 Å². The minimum atomic E-state index is -0.591. The number of hydrogen-bond donors (Lipinski definition) is 1. The van der Waals surface area contributed by atoms with Gasteiger partial charge < -0.3 is 0 Å². The van der Waals surface area contributed by atoms with Crippen LogP contribution < -0.4 is 5.43 Å². The maximum absolute atomic E-state index is 12.9. The number of nitro groups is 1. The molecule has 0 aliphatic carbocycles. The lowest BCUT2D eigenvalue weighted by Gasteiger charge is -1.99. The van der Waals surface area contributed by atoms with Crippen LogP contribution in [0.5, 0.6) is 0 Å². The average molecular weight is 287 g/mol. The number of nitrogens with zero attached hydrogens (tertiary/aromatic N) is 2. The molecule has 1 N–H and O–H groups in total. The van der Waals surface area contributed by atoms with Crippen molar-refractivity contribution in [2.45, 2.75) is 0 Å². The van der Waals surface area contributed by atoms with Crippen molar-refractivity contribution in [1.82, 2.24) is 5.43 Å². The zero-order valence-corrected chi connectivity index (χ0v) is 10.7. The Morgan fingerprint density at radius 2 is 2.00 bits per heavy atom. The first-order valence-corrected chi connectivity index (χ1v) is 5.90. The van der Waals surface area contributed by atoms with E-state index < -0.39 is 16.6 Å². The van der Waals surface area contributed by atoms with E-state index >= 15 is 0 Å². The maximum atomic E-state index is 12.9. The summed E-state index contributed by atoms with van der Waals surface area (Å²) < 4.78 is 12.9. The minimum absolute atomic E-state index is 0.112. The Bertz CT molecular complexity index is 716. The number of halogens is 1. The molecule has 0 heterocycles. The summed E-state index contributed by atoms with van der Waals surface area (Å²) >= 11 is 0. The highest BCUT2D eigenvalue weighted by atomic mass is 19.1. The van der Waals surface area contributed by atoms with Gasteiger partial charge in [-0.05, 0) is 23.8 Å². The molecule has 0 aromatic heterocycles. The van der Waals surface area contributed by atoms with Gasteiger partial charge in [-0.2, -0.15) is 5.10 Å². The molecule has 106 valence electrons. The number of carbonyl (C=O) groups excluding carboxylic acids is 1. The Hall–Kier alpha value is -3.09. The lowest BCUT2D eigenvalue weighted by atomic mass is 10.2. The van der Waals surface area contributed by atoms with E-state index in [0.29, 0.717) is 5.56 Å². The van der Waals surface area contributed by atoms with E-state index in [1.54, 1.807) is 6.07 Å². The van der Waals surface area contributed by atoms with Crippen LogP contribution in [0.1, 0.15) is 15.9 Å². The maximum Gasteiger partial charge on any atom is 0.271 e. The third-order valence-corrected chi connectivity index (χ3v) is 2.55. The zero-order chi connectivity index (χ0) is 15.2. The lowest BCUT2D eigenvalue weighted by Crippen LogP contribution is -2.17. The van der Waals surface area contributed by atoms with Gasteiger partial charge in [-0.1, -0.05) is 18.2 Å². The molecule has 0 atom stereocenters. The Balaban J connectivity index is 2.05. The van der Waals surface area contributed by atoms with Crippen molar-refractivity contribution in [2.75, 3.05) is 0 Å². The number of amides is 1. The molecular formula is C14H10FN3O3. The van der Waals surface area contributed by atoms with Crippen LogP contribution in [0.4, 0.5) is 10.1 Å². The average Bonchev–Trinajstić information content (AvgIpc) is 2.47. The van der Waals surface area contributed by atoms with Crippen molar-refractivity contribution in [3.05, 3.63) is 75.6 Å². The normalized spacial score (nSPS) is 10.5. The van der Waals surface area contributed by atoms with Crippen LogP contribution in [0.15, 0.2) is 53.6 Å². The van der Waals surface area contributed by atoms with Gasteiger partial charge in [0.15, 0.2) is 0 Å². The number of carbonyl (C=O) groups is 1. The molecule has 1 amide bonds. The summed E-state index contributed by atoms with van der Waals surface area (Å²) in [5, 5.41) is 14.3. The van der Waals surface area contributed by atoms with Crippen molar-refractivity contribution in [3.63, 3.8) is 0 Å². The molecular weight excluding hydrogens is 277 g/mol. The van der Waals surface area contributed by atoms with Gasteiger partial charge in [-0.3, -0.25) is 14.9 Å². The first-order valence-electron chi connectivity index (χ1n) is 5.90. The molecule has 2 aromatic rings. The third kappa shape index (κ3) is 3.93. The summed E-state index contributed by atoms with van der Waals surface area (Å²) in [7, 11) is 0. The standard InChI is InChI=1S/C14H10FN3O3/c15-12-5-1-3-10(7-12)9-16-17-14(19)11-4-2-6-13(8-11)18(20)21/h1-9H,(H,17,19). The summed E-state index contributed by atoms with van der Waals surface area (Å²) in [6, 6.07) is 10.9. The molecule has 2 aromatic carbocycles. The smallest absolute Gasteiger partial charge is 0.267 e. The van der Waals surface area contributed by atoms with Crippen LogP contribution in [0.2, 0.25) is 0 Å². The van der Waals surface area contributed by atoms with Gasteiger partial charge in [0.1, 0.15) is 5.82 Å². The molecule has 7 heteroatoms. The second-order valence-corrected chi connectivity index (χ2v) is 4.06. The van der Waals surface area contributed by atoms with Gasteiger partial charge in [0.2, 0.25) is 0 Å². The van der Waals surface area contributed by atoms with E-state index in [9.17, 15) is 19.3 Å². The van der Waals surface area contributed by atoms with Crippen LogP contribution in [-0.4, -0.2) is 17.0 Å². The summed E-state index contributed by atoms with van der Waals surface area (Å²) in [5.74, 6) is -1.00.